The lowest BCUT2D eigenvalue weighted by molar-refractivity contribution is 0.159. The molecule has 0 saturated carbocycles. The highest BCUT2D eigenvalue weighted by molar-refractivity contribution is 6.23. The largest absolute Gasteiger partial charge is 0.374 e. The summed E-state index contributed by atoms with van der Waals surface area (Å²) in [6, 6.07) is 16.6. The molecular weight excluding hydrogens is 294 g/mol. The van der Waals surface area contributed by atoms with E-state index in [4.69, 9.17) is 0 Å². The molecule has 0 radical (unpaired) electrons. The number of aryl methyl sites for hydroxylation is 3. The Balaban J connectivity index is 2.16. The van der Waals surface area contributed by atoms with Gasteiger partial charge in [-0.3, -0.25) is 4.99 Å². The molecular formula is C22H21NO. The van der Waals surface area contributed by atoms with Crippen molar-refractivity contribution in [3.05, 3.63) is 81.9 Å². The van der Waals surface area contributed by atoms with Crippen LogP contribution in [0.15, 0.2) is 53.5 Å². The minimum atomic E-state index is -1.19. The van der Waals surface area contributed by atoms with Crippen molar-refractivity contribution >= 4 is 16.5 Å². The molecule has 0 amide bonds. The molecule has 0 bridgehead atoms. The zero-order valence-electron chi connectivity index (χ0n) is 14.5. The van der Waals surface area contributed by atoms with E-state index in [2.05, 4.69) is 56.1 Å². The summed E-state index contributed by atoms with van der Waals surface area (Å²) >= 11 is 0. The van der Waals surface area contributed by atoms with Gasteiger partial charge in [-0.15, -0.1) is 0 Å². The fraction of sp³-hybridized carbons (Fsp3) is 0.227. The van der Waals surface area contributed by atoms with Crippen LogP contribution in [0.4, 0.5) is 0 Å². The summed E-state index contributed by atoms with van der Waals surface area (Å²) in [5.74, 6) is 0. The summed E-state index contributed by atoms with van der Waals surface area (Å²) in [5, 5.41) is 14.2. The second kappa shape index (κ2) is 5.02. The Labute approximate surface area is 142 Å². The molecule has 0 aromatic heterocycles. The van der Waals surface area contributed by atoms with Crippen molar-refractivity contribution in [1.82, 2.24) is 0 Å². The quantitative estimate of drug-likeness (QED) is 0.708. The van der Waals surface area contributed by atoms with E-state index in [1.54, 1.807) is 7.05 Å². The lowest BCUT2D eigenvalue weighted by atomic mass is 9.80. The minimum absolute atomic E-state index is 0.740. The average Bonchev–Trinajstić information content (AvgIpc) is 2.78. The topological polar surface area (TPSA) is 32.6 Å². The molecule has 0 heterocycles. The number of hydrogen-bond acceptors (Lipinski definition) is 2. The fourth-order valence-corrected chi connectivity index (χ4v) is 4.45. The van der Waals surface area contributed by atoms with Crippen molar-refractivity contribution < 1.29 is 5.11 Å². The third kappa shape index (κ3) is 1.78. The van der Waals surface area contributed by atoms with Crippen molar-refractivity contribution in [2.24, 2.45) is 4.99 Å². The van der Waals surface area contributed by atoms with Gasteiger partial charge in [0.1, 0.15) is 0 Å². The summed E-state index contributed by atoms with van der Waals surface area (Å²) < 4.78 is 0. The predicted molar refractivity (Wildman–Crippen MR) is 100 cm³/mol. The molecule has 1 N–H and O–H groups in total. The molecule has 0 aliphatic heterocycles. The molecule has 1 unspecified atom stereocenters. The summed E-state index contributed by atoms with van der Waals surface area (Å²) in [6.45, 7) is 6.24. The van der Waals surface area contributed by atoms with Crippen molar-refractivity contribution in [3.8, 4) is 0 Å². The van der Waals surface area contributed by atoms with Crippen LogP contribution >= 0.6 is 0 Å². The standard InChI is InChI=1S/C22H21NO/c1-13-11-14(2)20(15(3)12-13)22(24)18-10-6-8-16-7-5-9-17(19(16)18)21(22)23-4/h5-12,24H,1-4H3. The number of rotatable bonds is 1. The first-order chi connectivity index (χ1) is 11.5. The van der Waals surface area contributed by atoms with Crippen LogP contribution in [0.25, 0.3) is 10.8 Å². The molecule has 2 nitrogen and oxygen atoms in total. The van der Waals surface area contributed by atoms with Crippen LogP contribution in [0.3, 0.4) is 0 Å². The van der Waals surface area contributed by atoms with E-state index >= 15 is 0 Å². The first-order valence-electron chi connectivity index (χ1n) is 8.29. The molecule has 0 saturated heterocycles. The van der Waals surface area contributed by atoms with Crippen LogP contribution in [-0.2, 0) is 5.60 Å². The summed E-state index contributed by atoms with van der Waals surface area (Å²) in [5.41, 5.74) is 5.88. The smallest absolute Gasteiger partial charge is 0.158 e. The minimum Gasteiger partial charge on any atom is -0.374 e. The number of benzene rings is 3. The maximum absolute atomic E-state index is 12.0. The van der Waals surface area contributed by atoms with Gasteiger partial charge in [-0.05, 0) is 42.7 Å². The first-order valence-corrected chi connectivity index (χ1v) is 8.29. The fourth-order valence-electron chi connectivity index (χ4n) is 4.45. The molecule has 120 valence electrons. The van der Waals surface area contributed by atoms with Crippen LogP contribution in [0.5, 0.6) is 0 Å². The Hall–Kier alpha value is -2.45. The molecule has 3 aromatic rings. The maximum atomic E-state index is 12.0. The van der Waals surface area contributed by atoms with Gasteiger partial charge in [0.2, 0.25) is 0 Å². The van der Waals surface area contributed by atoms with Crippen LogP contribution in [0.2, 0.25) is 0 Å². The van der Waals surface area contributed by atoms with Crippen molar-refractivity contribution in [2.75, 3.05) is 7.05 Å². The van der Waals surface area contributed by atoms with Gasteiger partial charge in [0.05, 0.1) is 5.71 Å². The SMILES string of the molecule is CN=C1c2cccc3cccc(c23)C1(O)c1c(C)cc(C)cc1C. The monoisotopic (exact) mass is 315 g/mol. The highest BCUT2D eigenvalue weighted by Crippen LogP contribution is 2.47. The normalized spacial score (nSPS) is 21.0. The van der Waals surface area contributed by atoms with E-state index < -0.39 is 5.60 Å². The Morgan fingerprint density at radius 3 is 2.17 bits per heavy atom. The number of aliphatic imine (C=N–C) groups is 1. The molecule has 4 rings (SSSR count). The number of nitrogens with zero attached hydrogens (tertiary/aromatic N) is 1. The molecule has 24 heavy (non-hydrogen) atoms. The molecule has 1 aliphatic carbocycles. The van der Waals surface area contributed by atoms with E-state index in [0.29, 0.717) is 0 Å². The summed E-state index contributed by atoms with van der Waals surface area (Å²) in [4.78, 5) is 4.53. The summed E-state index contributed by atoms with van der Waals surface area (Å²) in [6.07, 6.45) is 0. The lowest BCUT2D eigenvalue weighted by Crippen LogP contribution is -2.35. The van der Waals surface area contributed by atoms with Gasteiger partial charge in [0.15, 0.2) is 5.60 Å². The predicted octanol–water partition coefficient (Wildman–Crippen LogP) is 4.43. The highest BCUT2D eigenvalue weighted by atomic mass is 16.3. The zero-order valence-corrected chi connectivity index (χ0v) is 14.5. The second-order valence-electron chi connectivity index (χ2n) is 6.77. The van der Waals surface area contributed by atoms with Crippen LogP contribution in [0, 0.1) is 20.8 Å². The Bertz CT molecular complexity index is 987. The maximum Gasteiger partial charge on any atom is 0.158 e. The molecule has 1 atom stereocenters. The van der Waals surface area contributed by atoms with Crippen LogP contribution < -0.4 is 0 Å². The molecule has 1 aliphatic rings. The van der Waals surface area contributed by atoms with E-state index in [1.165, 1.54) is 5.56 Å². The van der Waals surface area contributed by atoms with Gasteiger partial charge in [-0.2, -0.15) is 0 Å². The number of aliphatic hydroxyl groups is 1. The lowest BCUT2D eigenvalue weighted by Gasteiger charge is -2.30. The first kappa shape index (κ1) is 15.1. The molecule has 0 fully saturated rings. The molecule has 2 heteroatoms. The van der Waals surface area contributed by atoms with Gasteiger partial charge in [-0.25, -0.2) is 0 Å². The third-order valence-electron chi connectivity index (χ3n) is 5.15. The zero-order chi connectivity index (χ0) is 17.1. The van der Waals surface area contributed by atoms with Crippen LogP contribution in [0.1, 0.15) is 33.4 Å². The van der Waals surface area contributed by atoms with Crippen molar-refractivity contribution in [1.29, 1.82) is 0 Å². The van der Waals surface area contributed by atoms with Crippen LogP contribution in [-0.4, -0.2) is 17.9 Å². The van der Waals surface area contributed by atoms with E-state index in [9.17, 15) is 5.11 Å². The molecule has 0 spiro atoms. The van der Waals surface area contributed by atoms with E-state index in [1.807, 2.05) is 18.2 Å². The summed E-state index contributed by atoms with van der Waals surface area (Å²) in [7, 11) is 1.77. The van der Waals surface area contributed by atoms with Gasteiger partial charge in [0, 0.05) is 23.7 Å². The second-order valence-corrected chi connectivity index (χ2v) is 6.77. The average molecular weight is 315 g/mol. The Morgan fingerprint density at radius 1 is 0.917 bits per heavy atom. The van der Waals surface area contributed by atoms with Crippen molar-refractivity contribution in [3.63, 3.8) is 0 Å². The number of hydrogen-bond donors (Lipinski definition) is 1. The van der Waals surface area contributed by atoms with Gasteiger partial charge in [-0.1, -0.05) is 54.1 Å². The van der Waals surface area contributed by atoms with E-state index in [0.717, 1.165) is 44.3 Å². The van der Waals surface area contributed by atoms with Crippen molar-refractivity contribution in [2.45, 2.75) is 26.4 Å². The Morgan fingerprint density at radius 2 is 1.54 bits per heavy atom. The van der Waals surface area contributed by atoms with Gasteiger partial charge < -0.3 is 5.11 Å². The molecule has 3 aromatic carbocycles. The Kier molecular flexibility index (Phi) is 3.16. The third-order valence-corrected chi connectivity index (χ3v) is 5.15. The highest BCUT2D eigenvalue weighted by Gasteiger charge is 2.46. The van der Waals surface area contributed by atoms with Gasteiger partial charge in [0.25, 0.3) is 0 Å². The van der Waals surface area contributed by atoms with Gasteiger partial charge >= 0.3 is 0 Å². The van der Waals surface area contributed by atoms with E-state index in [-0.39, 0.29) is 0 Å².